The van der Waals surface area contributed by atoms with Gasteiger partial charge in [0.05, 0.1) is 34.0 Å². The Morgan fingerprint density at radius 3 is 1.86 bits per heavy atom. The SMILES string of the molecule is COc1ccc2c(C(=O)c3cc(OC)c(OC)c(OC)c3)c([Si](C)(C)C(C)(C)C)n(C(C)=O)c2c1. The van der Waals surface area contributed by atoms with Crippen LogP contribution in [0.1, 0.15) is 48.4 Å². The molecule has 0 saturated carbocycles. The van der Waals surface area contributed by atoms with Crippen molar-refractivity contribution in [2.75, 3.05) is 28.4 Å². The van der Waals surface area contributed by atoms with Gasteiger partial charge in [-0.1, -0.05) is 33.9 Å². The van der Waals surface area contributed by atoms with Crippen molar-refractivity contribution in [1.29, 1.82) is 0 Å². The van der Waals surface area contributed by atoms with Crippen LogP contribution in [0.15, 0.2) is 30.3 Å². The van der Waals surface area contributed by atoms with E-state index in [-0.39, 0.29) is 16.7 Å². The third-order valence-electron chi connectivity index (χ3n) is 7.11. The second kappa shape index (κ2) is 9.41. The zero-order chi connectivity index (χ0) is 26.3. The highest BCUT2D eigenvalue weighted by molar-refractivity contribution is 6.93. The molecule has 0 fully saturated rings. The first-order valence-corrected chi connectivity index (χ1v) is 14.4. The molecule has 7 nitrogen and oxygen atoms in total. The number of fused-ring (bicyclic) bond motifs is 1. The molecule has 8 heteroatoms. The van der Waals surface area contributed by atoms with Gasteiger partial charge in [-0.3, -0.25) is 14.2 Å². The molecule has 188 valence electrons. The van der Waals surface area contributed by atoms with Crippen molar-refractivity contribution in [3.63, 3.8) is 0 Å². The number of benzene rings is 2. The first kappa shape index (κ1) is 26.3. The van der Waals surface area contributed by atoms with Crippen molar-refractivity contribution in [3.8, 4) is 23.0 Å². The van der Waals surface area contributed by atoms with Gasteiger partial charge in [0, 0.05) is 34.8 Å². The summed E-state index contributed by atoms with van der Waals surface area (Å²) in [5.41, 5.74) is 1.57. The second-order valence-corrected chi connectivity index (χ2v) is 15.3. The average molecular weight is 498 g/mol. The van der Waals surface area contributed by atoms with Crippen LogP contribution in [-0.4, -0.2) is 52.8 Å². The molecule has 3 aromatic rings. The van der Waals surface area contributed by atoms with Crippen LogP contribution in [0.25, 0.3) is 10.9 Å². The van der Waals surface area contributed by atoms with Crippen LogP contribution < -0.4 is 24.3 Å². The highest BCUT2D eigenvalue weighted by Gasteiger charge is 2.44. The molecule has 1 heterocycles. The third-order valence-corrected chi connectivity index (χ3v) is 12.5. The van der Waals surface area contributed by atoms with E-state index in [1.807, 2.05) is 18.2 Å². The highest BCUT2D eigenvalue weighted by atomic mass is 28.3. The highest BCUT2D eigenvalue weighted by Crippen LogP contribution is 2.41. The Morgan fingerprint density at radius 1 is 0.857 bits per heavy atom. The smallest absolute Gasteiger partial charge is 0.227 e. The lowest BCUT2D eigenvalue weighted by Crippen LogP contribution is -2.55. The lowest BCUT2D eigenvalue weighted by molar-refractivity contribution is 0.0944. The largest absolute Gasteiger partial charge is 0.497 e. The molecular weight excluding hydrogens is 462 g/mol. The molecule has 1 aromatic heterocycles. The van der Waals surface area contributed by atoms with Crippen molar-refractivity contribution in [1.82, 2.24) is 4.57 Å². The number of carbonyl (C=O) groups excluding carboxylic acids is 2. The molecule has 0 atom stereocenters. The van der Waals surface area contributed by atoms with Crippen molar-refractivity contribution >= 4 is 36.0 Å². The summed E-state index contributed by atoms with van der Waals surface area (Å²) in [6, 6.07) is 8.79. The summed E-state index contributed by atoms with van der Waals surface area (Å²) in [7, 11) is 3.72. The summed E-state index contributed by atoms with van der Waals surface area (Å²) in [5.74, 6) is 1.45. The van der Waals surface area contributed by atoms with Crippen LogP contribution in [0.5, 0.6) is 23.0 Å². The van der Waals surface area contributed by atoms with Gasteiger partial charge in [0.1, 0.15) is 13.8 Å². The molecule has 0 radical (unpaired) electrons. The van der Waals surface area contributed by atoms with E-state index in [4.69, 9.17) is 18.9 Å². The van der Waals surface area contributed by atoms with Gasteiger partial charge >= 0.3 is 0 Å². The standard InChI is InChI=1S/C27H35NO6Si/c1-16(29)28-20-15-18(31-5)11-12-19(20)23(26(28)35(9,10)27(2,3)4)24(30)17-13-21(32-6)25(34-8)22(14-17)33-7/h11-15H,1-10H3. The molecule has 0 bridgehead atoms. The van der Waals surface area contributed by atoms with Crippen LogP contribution in [0.2, 0.25) is 18.1 Å². The van der Waals surface area contributed by atoms with Crippen LogP contribution >= 0.6 is 0 Å². The van der Waals surface area contributed by atoms with E-state index in [9.17, 15) is 9.59 Å². The van der Waals surface area contributed by atoms with E-state index >= 15 is 0 Å². The molecule has 35 heavy (non-hydrogen) atoms. The van der Waals surface area contributed by atoms with Crippen LogP contribution in [0.4, 0.5) is 0 Å². The zero-order valence-corrected chi connectivity index (χ0v) is 23.3. The summed E-state index contributed by atoms with van der Waals surface area (Å²) < 4.78 is 23.6. The number of rotatable bonds is 7. The summed E-state index contributed by atoms with van der Waals surface area (Å²) in [5, 5.41) is 1.36. The van der Waals surface area contributed by atoms with Gasteiger partial charge < -0.3 is 18.9 Å². The minimum atomic E-state index is -2.41. The Kier molecular flexibility index (Phi) is 7.08. The van der Waals surface area contributed by atoms with Gasteiger partial charge in [0.25, 0.3) is 0 Å². The molecule has 0 spiro atoms. The van der Waals surface area contributed by atoms with Gasteiger partial charge in [0.2, 0.25) is 11.7 Å². The molecule has 0 N–H and O–H groups in total. The van der Waals surface area contributed by atoms with Crippen molar-refractivity contribution < 1.29 is 28.5 Å². The number of hydrogen-bond acceptors (Lipinski definition) is 6. The normalized spacial score (nSPS) is 11.9. The van der Waals surface area contributed by atoms with E-state index in [0.717, 1.165) is 5.32 Å². The number of nitrogens with zero attached hydrogens (tertiary/aromatic N) is 1. The Balaban J connectivity index is 2.48. The molecule has 0 aliphatic heterocycles. The van der Waals surface area contributed by atoms with Crippen molar-refractivity contribution in [3.05, 3.63) is 41.5 Å². The average Bonchev–Trinajstić information content (AvgIpc) is 3.16. The predicted octanol–water partition coefficient (Wildman–Crippen LogP) is 5.28. The lowest BCUT2D eigenvalue weighted by atomic mass is 10.0. The quantitative estimate of drug-likeness (QED) is 0.326. The Labute approximate surface area is 207 Å². The maximum absolute atomic E-state index is 14.3. The van der Waals surface area contributed by atoms with E-state index in [1.165, 1.54) is 28.3 Å². The maximum Gasteiger partial charge on any atom is 0.227 e. The first-order chi connectivity index (χ1) is 16.3. The van der Waals surface area contributed by atoms with Gasteiger partial charge in [-0.25, -0.2) is 0 Å². The minimum Gasteiger partial charge on any atom is -0.497 e. The number of aromatic nitrogens is 1. The summed E-state index contributed by atoms with van der Waals surface area (Å²) in [6.45, 7) is 12.4. The fraction of sp³-hybridized carbons (Fsp3) is 0.407. The Morgan fingerprint density at radius 2 is 1.43 bits per heavy atom. The molecule has 0 aliphatic carbocycles. The number of ether oxygens (including phenoxy) is 4. The molecule has 0 amide bonds. The van der Waals surface area contributed by atoms with E-state index in [0.29, 0.717) is 45.0 Å². The molecule has 3 rings (SSSR count). The van der Waals surface area contributed by atoms with Gasteiger partial charge in [-0.05, 0) is 29.3 Å². The molecule has 2 aromatic carbocycles. The number of hydrogen-bond donors (Lipinski definition) is 0. The molecule has 0 aliphatic rings. The van der Waals surface area contributed by atoms with Gasteiger partial charge in [-0.15, -0.1) is 0 Å². The fourth-order valence-electron chi connectivity index (χ4n) is 4.26. The summed E-state index contributed by atoms with van der Waals surface area (Å²) in [4.78, 5) is 27.4. The summed E-state index contributed by atoms with van der Waals surface area (Å²) >= 11 is 0. The number of methoxy groups -OCH3 is 4. The lowest BCUT2D eigenvalue weighted by Gasteiger charge is -2.38. The van der Waals surface area contributed by atoms with Gasteiger partial charge in [-0.2, -0.15) is 0 Å². The van der Waals surface area contributed by atoms with E-state index in [1.54, 1.807) is 23.8 Å². The summed E-state index contributed by atoms with van der Waals surface area (Å²) in [6.07, 6.45) is 0. The van der Waals surface area contributed by atoms with Gasteiger partial charge in [0.15, 0.2) is 17.3 Å². The zero-order valence-electron chi connectivity index (χ0n) is 22.3. The molecule has 0 saturated heterocycles. The van der Waals surface area contributed by atoms with Crippen LogP contribution in [0.3, 0.4) is 0 Å². The van der Waals surface area contributed by atoms with Crippen molar-refractivity contribution in [2.24, 2.45) is 0 Å². The van der Waals surface area contributed by atoms with Crippen LogP contribution in [0, 0.1) is 0 Å². The Hall–Kier alpha value is -3.26. The monoisotopic (exact) mass is 497 g/mol. The van der Waals surface area contributed by atoms with Crippen LogP contribution in [-0.2, 0) is 0 Å². The van der Waals surface area contributed by atoms with E-state index < -0.39 is 8.07 Å². The number of ketones is 1. The van der Waals surface area contributed by atoms with Crippen molar-refractivity contribution in [2.45, 2.75) is 45.8 Å². The minimum absolute atomic E-state index is 0.136. The predicted molar refractivity (Wildman–Crippen MR) is 141 cm³/mol. The topological polar surface area (TPSA) is 76.0 Å². The first-order valence-electron chi connectivity index (χ1n) is 11.4. The molecule has 0 unspecified atom stereocenters. The maximum atomic E-state index is 14.3. The Bertz CT molecular complexity index is 1270. The third kappa shape index (κ3) is 4.31. The molecular formula is C27H35NO6Si. The fourth-order valence-corrected chi connectivity index (χ4v) is 6.68. The number of carbonyl (C=O) groups is 2. The van der Waals surface area contributed by atoms with E-state index in [2.05, 4.69) is 33.9 Å². The second-order valence-electron chi connectivity index (χ2n) is 10.1.